The number of carboxylic acid groups (broad SMARTS) is 4. The van der Waals surface area contributed by atoms with E-state index in [1.807, 2.05) is 13.8 Å². The largest absolute Gasteiger partial charge is 0.510 e. The summed E-state index contributed by atoms with van der Waals surface area (Å²) in [5, 5.41) is 31.3. The van der Waals surface area contributed by atoms with E-state index < -0.39 is 36.9 Å². The molecule has 0 atom stereocenters. The first-order chi connectivity index (χ1) is 16.9. The second-order valence-electron chi connectivity index (χ2n) is 4.87. The zero-order valence-electron chi connectivity index (χ0n) is 19.9. The van der Waals surface area contributed by atoms with Crippen LogP contribution in [-0.2, 0) is 37.9 Å². The molecule has 0 aromatic carbocycles. The molecule has 36 heavy (non-hydrogen) atoms. The fraction of sp³-hybridized carbons (Fsp3) is 0.556. The first-order valence-corrected chi connectivity index (χ1v) is 9.44. The third kappa shape index (κ3) is 51.8. The lowest BCUT2D eigenvalue weighted by atomic mass is 10.5. The summed E-state index contributed by atoms with van der Waals surface area (Å²) in [6.45, 7) is 4.22. The van der Waals surface area contributed by atoms with Crippen LogP contribution in [0, 0.1) is 0 Å². The SMILES string of the molecule is CCCOC(=O)OCCC.COC(=O)OC.O=C(O)O/C=C/OC(=O)O.O=C(O)OCCOC(=O)O. The lowest BCUT2D eigenvalue weighted by Gasteiger charge is -2.02. The molecule has 4 N–H and O–H groups in total. The molecule has 18 heteroatoms. The van der Waals surface area contributed by atoms with Crippen LogP contribution in [0.3, 0.4) is 0 Å². The number of carbonyl (C=O) groups excluding carboxylic acids is 2. The van der Waals surface area contributed by atoms with E-state index >= 15 is 0 Å². The third-order valence-corrected chi connectivity index (χ3v) is 2.11. The fourth-order valence-electron chi connectivity index (χ4n) is 0.926. The average Bonchev–Trinajstić information content (AvgIpc) is 2.82. The molecule has 0 unspecified atom stereocenters. The second kappa shape index (κ2) is 30.4. The molecule has 0 spiro atoms. The predicted octanol–water partition coefficient (Wildman–Crippen LogP) is 3.58. The van der Waals surface area contributed by atoms with Gasteiger partial charge in [0.2, 0.25) is 0 Å². The quantitative estimate of drug-likeness (QED) is 0.142. The third-order valence-electron chi connectivity index (χ3n) is 2.11. The maximum Gasteiger partial charge on any atom is 0.510 e. The van der Waals surface area contributed by atoms with Crippen molar-refractivity contribution >= 4 is 36.9 Å². The van der Waals surface area contributed by atoms with Gasteiger partial charge in [0.1, 0.15) is 25.7 Å². The van der Waals surface area contributed by atoms with E-state index in [1.54, 1.807) is 0 Å². The fourth-order valence-corrected chi connectivity index (χ4v) is 0.926. The molecule has 210 valence electrons. The maximum absolute atomic E-state index is 10.5. The summed E-state index contributed by atoms with van der Waals surface area (Å²) in [5.74, 6) is 0. The molecule has 0 amide bonds. The number of ether oxygens (including phenoxy) is 8. The minimum atomic E-state index is -1.54. The Labute approximate surface area is 204 Å². The Morgan fingerprint density at radius 1 is 0.528 bits per heavy atom. The summed E-state index contributed by atoms with van der Waals surface area (Å²) in [4.78, 5) is 58.6. The zero-order valence-corrected chi connectivity index (χ0v) is 19.9. The highest BCUT2D eigenvalue weighted by atomic mass is 16.7. The summed E-state index contributed by atoms with van der Waals surface area (Å²) in [5.41, 5.74) is 0. The Kier molecular flexibility index (Phi) is 32.6. The van der Waals surface area contributed by atoms with Gasteiger partial charge in [-0.05, 0) is 12.8 Å². The number of hydrogen-bond acceptors (Lipinski definition) is 14. The minimum absolute atomic E-state index is 0.276. The molecule has 0 fully saturated rings. The zero-order chi connectivity index (χ0) is 28.8. The molecule has 0 aromatic heterocycles. The van der Waals surface area contributed by atoms with Crippen LogP contribution in [0.15, 0.2) is 12.5 Å². The van der Waals surface area contributed by atoms with E-state index in [0.717, 1.165) is 12.8 Å². The topological polar surface area (TPSA) is 257 Å². The molecule has 0 aliphatic carbocycles. The monoisotopic (exact) mass is 534 g/mol. The van der Waals surface area contributed by atoms with Crippen molar-refractivity contribution < 1.29 is 87.1 Å². The van der Waals surface area contributed by atoms with Gasteiger partial charge in [-0.25, -0.2) is 28.8 Å². The molecular formula is C18H30O18. The van der Waals surface area contributed by atoms with Gasteiger partial charge in [0.05, 0.1) is 27.4 Å². The molecule has 0 saturated carbocycles. The molecule has 0 radical (unpaired) electrons. The molecular weight excluding hydrogens is 504 g/mol. The van der Waals surface area contributed by atoms with Crippen molar-refractivity contribution in [3.63, 3.8) is 0 Å². The van der Waals surface area contributed by atoms with Crippen LogP contribution < -0.4 is 0 Å². The summed E-state index contributed by atoms with van der Waals surface area (Å²) in [6.07, 6.45) is -4.33. The van der Waals surface area contributed by atoms with Crippen LogP contribution in [0.25, 0.3) is 0 Å². The van der Waals surface area contributed by atoms with Crippen molar-refractivity contribution in [3.05, 3.63) is 12.5 Å². The summed E-state index contributed by atoms with van der Waals surface area (Å²) >= 11 is 0. The highest BCUT2D eigenvalue weighted by Gasteiger charge is 2.00. The smallest absolute Gasteiger partial charge is 0.450 e. The average molecular weight is 534 g/mol. The maximum atomic E-state index is 10.5. The van der Waals surface area contributed by atoms with Gasteiger partial charge in [0.15, 0.2) is 0 Å². The highest BCUT2D eigenvalue weighted by molar-refractivity contribution is 5.60. The molecule has 0 aliphatic rings. The first kappa shape index (κ1) is 38.6. The van der Waals surface area contributed by atoms with Crippen LogP contribution >= 0.6 is 0 Å². The van der Waals surface area contributed by atoms with E-state index in [9.17, 15) is 28.8 Å². The Balaban J connectivity index is -0.000000193. The first-order valence-electron chi connectivity index (χ1n) is 9.44. The van der Waals surface area contributed by atoms with Gasteiger partial charge < -0.3 is 58.3 Å². The van der Waals surface area contributed by atoms with E-state index in [4.69, 9.17) is 20.4 Å². The summed E-state index contributed by atoms with van der Waals surface area (Å²) in [7, 11) is 2.51. The van der Waals surface area contributed by atoms with Gasteiger partial charge >= 0.3 is 36.9 Å². The van der Waals surface area contributed by atoms with Gasteiger partial charge in [-0.3, -0.25) is 0 Å². The van der Waals surface area contributed by atoms with Gasteiger partial charge in [-0.1, -0.05) is 13.8 Å². The standard InChI is InChI=1S/C7H14O3.C4H6O6.C4H4O6.C3H6O3/c1-3-5-9-7(8)10-6-4-2;2*5-3(6)9-1-2-10-4(7)8;1-5-3(4)6-2/h3-6H2,1-2H3;1-2H2,(H,5,6)(H,7,8);1-2H,(H,5,6)(H,7,8);1-2H3/b;;2-1+;. The molecule has 0 aliphatic heterocycles. The van der Waals surface area contributed by atoms with Crippen molar-refractivity contribution in [2.45, 2.75) is 26.7 Å². The van der Waals surface area contributed by atoms with E-state index in [0.29, 0.717) is 25.7 Å². The van der Waals surface area contributed by atoms with Crippen LogP contribution in [0.2, 0.25) is 0 Å². The van der Waals surface area contributed by atoms with Crippen molar-refractivity contribution in [2.24, 2.45) is 0 Å². The Morgan fingerprint density at radius 2 is 0.861 bits per heavy atom. The van der Waals surface area contributed by atoms with Crippen LogP contribution in [-0.4, -0.2) is 98.0 Å². The van der Waals surface area contributed by atoms with Gasteiger partial charge in [0.25, 0.3) is 0 Å². The van der Waals surface area contributed by atoms with Crippen molar-refractivity contribution in [1.82, 2.24) is 0 Å². The van der Waals surface area contributed by atoms with Crippen molar-refractivity contribution in [1.29, 1.82) is 0 Å². The van der Waals surface area contributed by atoms with E-state index in [2.05, 4.69) is 37.9 Å². The lowest BCUT2D eigenvalue weighted by Crippen LogP contribution is -2.10. The Bertz CT molecular complexity index is 594. The highest BCUT2D eigenvalue weighted by Crippen LogP contribution is 1.88. The molecule has 18 nitrogen and oxygen atoms in total. The van der Waals surface area contributed by atoms with Crippen LogP contribution in [0.1, 0.15) is 26.7 Å². The Hall–Kier alpha value is -4.64. The molecule has 0 rings (SSSR count). The molecule has 0 bridgehead atoms. The normalized spacial score (nSPS) is 8.56. The number of carbonyl (C=O) groups is 6. The summed E-state index contributed by atoms with van der Waals surface area (Å²) < 4.78 is 32.7. The van der Waals surface area contributed by atoms with Gasteiger partial charge in [0, 0.05) is 0 Å². The molecule has 0 heterocycles. The van der Waals surface area contributed by atoms with E-state index in [-0.39, 0.29) is 13.2 Å². The number of rotatable bonds is 9. The van der Waals surface area contributed by atoms with Gasteiger partial charge in [-0.2, -0.15) is 0 Å². The summed E-state index contributed by atoms with van der Waals surface area (Å²) in [6, 6.07) is 0. The van der Waals surface area contributed by atoms with Crippen LogP contribution in [0.5, 0.6) is 0 Å². The van der Waals surface area contributed by atoms with Crippen molar-refractivity contribution in [2.75, 3.05) is 40.6 Å². The molecule has 0 aromatic rings. The number of hydrogen-bond donors (Lipinski definition) is 4. The van der Waals surface area contributed by atoms with E-state index in [1.165, 1.54) is 14.2 Å². The molecule has 0 saturated heterocycles. The lowest BCUT2D eigenvalue weighted by molar-refractivity contribution is 0.0472. The van der Waals surface area contributed by atoms with Crippen LogP contribution in [0.4, 0.5) is 28.8 Å². The van der Waals surface area contributed by atoms with Crippen molar-refractivity contribution in [3.8, 4) is 0 Å². The number of methoxy groups -OCH3 is 2. The predicted molar refractivity (Wildman–Crippen MR) is 113 cm³/mol. The Morgan fingerprint density at radius 3 is 1.06 bits per heavy atom. The van der Waals surface area contributed by atoms with Gasteiger partial charge in [-0.15, -0.1) is 0 Å². The second-order valence-corrected chi connectivity index (χ2v) is 4.87. The minimum Gasteiger partial charge on any atom is -0.450 e.